The highest BCUT2D eigenvalue weighted by atomic mass is 35.5. The second-order valence-electron chi connectivity index (χ2n) is 4.67. The van der Waals surface area contributed by atoms with Crippen molar-refractivity contribution in [3.05, 3.63) is 59.4 Å². The van der Waals surface area contributed by atoms with Gasteiger partial charge in [0, 0.05) is 23.3 Å². The molecule has 0 saturated heterocycles. The predicted molar refractivity (Wildman–Crippen MR) is 85.0 cm³/mol. The molecule has 22 heavy (non-hydrogen) atoms. The van der Waals surface area contributed by atoms with E-state index in [1.54, 1.807) is 47.3 Å². The minimum Gasteiger partial charge on any atom is -0.463 e. The lowest BCUT2D eigenvalue weighted by molar-refractivity contribution is 0.102. The maximum absolute atomic E-state index is 12.3. The van der Waals surface area contributed by atoms with Crippen molar-refractivity contribution < 1.29 is 9.21 Å². The number of nitrogens with one attached hydrogen (secondary N) is 1. The van der Waals surface area contributed by atoms with E-state index in [1.807, 2.05) is 13.0 Å². The van der Waals surface area contributed by atoms with E-state index in [4.69, 9.17) is 16.0 Å². The monoisotopic (exact) mass is 315 g/mol. The molecule has 1 N–H and O–H groups in total. The van der Waals surface area contributed by atoms with Gasteiger partial charge in [-0.2, -0.15) is 5.10 Å². The molecule has 1 aromatic carbocycles. The Bertz CT molecular complexity index is 794. The summed E-state index contributed by atoms with van der Waals surface area (Å²) in [6.45, 7) is 2.60. The number of furan rings is 1. The average molecular weight is 316 g/mol. The van der Waals surface area contributed by atoms with Gasteiger partial charge < -0.3 is 9.73 Å². The number of aryl methyl sites for hydroxylation is 1. The third kappa shape index (κ3) is 2.89. The number of anilines is 1. The van der Waals surface area contributed by atoms with Crippen LogP contribution in [-0.4, -0.2) is 15.7 Å². The molecular formula is C16H14ClN3O2. The van der Waals surface area contributed by atoms with Crippen molar-refractivity contribution in [1.29, 1.82) is 0 Å². The molecule has 0 bridgehead atoms. The van der Waals surface area contributed by atoms with Crippen LogP contribution in [0.5, 0.6) is 0 Å². The van der Waals surface area contributed by atoms with Crippen LogP contribution in [0.15, 0.2) is 53.1 Å². The molecule has 2 heterocycles. The van der Waals surface area contributed by atoms with Gasteiger partial charge in [-0.25, -0.2) is 0 Å². The van der Waals surface area contributed by atoms with Crippen LogP contribution in [0, 0.1) is 0 Å². The molecule has 0 fully saturated rings. The van der Waals surface area contributed by atoms with Gasteiger partial charge in [-0.1, -0.05) is 17.7 Å². The zero-order valence-electron chi connectivity index (χ0n) is 11.9. The third-order valence-electron chi connectivity index (χ3n) is 3.17. The van der Waals surface area contributed by atoms with Crippen molar-refractivity contribution in [3.8, 4) is 11.5 Å². The van der Waals surface area contributed by atoms with Gasteiger partial charge in [0.1, 0.15) is 5.69 Å². The summed E-state index contributed by atoms with van der Waals surface area (Å²) >= 11 is 5.91. The van der Waals surface area contributed by atoms with Crippen molar-refractivity contribution in [2.75, 3.05) is 5.32 Å². The normalized spacial score (nSPS) is 10.6. The minimum absolute atomic E-state index is 0.290. The first-order valence-electron chi connectivity index (χ1n) is 6.86. The first-order valence-corrected chi connectivity index (χ1v) is 7.24. The fraction of sp³-hybridized carbons (Fsp3) is 0.125. The topological polar surface area (TPSA) is 60.1 Å². The number of hydrogen-bond donors (Lipinski definition) is 1. The summed E-state index contributed by atoms with van der Waals surface area (Å²) in [7, 11) is 0. The van der Waals surface area contributed by atoms with Crippen molar-refractivity contribution in [2.45, 2.75) is 13.5 Å². The molecule has 112 valence electrons. The summed E-state index contributed by atoms with van der Waals surface area (Å²) in [5.41, 5.74) is 1.72. The van der Waals surface area contributed by atoms with Gasteiger partial charge in [0.25, 0.3) is 5.91 Å². The Hall–Kier alpha value is -2.53. The molecule has 0 aliphatic rings. The Labute approximate surface area is 132 Å². The number of halogens is 1. The predicted octanol–water partition coefficient (Wildman–Crippen LogP) is 4.07. The molecule has 2 aromatic heterocycles. The summed E-state index contributed by atoms with van der Waals surface area (Å²) in [5, 5.41) is 7.66. The molecule has 1 amide bonds. The van der Waals surface area contributed by atoms with Crippen LogP contribution < -0.4 is 5.32 Å². The molecule has 0 spiro atoms. The first kappa shape index (κ1) is 14.4. The number of carbonyl (C=O) groups is 1. The van der Waals surface area contributed by atoms with Gasteiger partial charge >= 0.3 is 0 Å². The van der Waals surface area contributed by atoms with E-state index < -0.39 is 0 Å². The number of benzene rings is 1. The lowest BCUT2D eigenvalue weighted by Gasteiger charge is -2.03. The summed E-state index contributed by atoms with van der Waals surface area (Å²) in [6, 6.07) is 12.3. The highest BCUT2D eigenvalue weighted by Gasteiger charge is 2.16. The Morgan fingerprint density at radius 2 is 2.18 bits per heavy atom. The van der Waals surface area contributed by atoms with Gasteiger partial charge in [-0.05, 0) is 37.3 Å². The van der Waals surface area contributed by atoms with Crippen molar-refractivity contribution >= 4 is 23.2 Å². The largest absolute Gasteiger partial charge is 0.463 e. The number of rotatable bonds is 4. The van der Waals surface area contributed by atoms with E-state index in [0.29, 0.717) is 28.7 Å². The fourth-order valence-electron chi connectivity index (χ4n) is 2.15. The molecular weight excluding hydrogens is 302 g/mol. The minimum atomic E-state index is -0.290. The first-order chi connectivity index (χ1) is 10.7. The van der Waals surface area contributed by atoms with Gasteiger partial charge in [-0.15, -0.1) is 0 Å². The van der Waals surface area contributed by atoms with E-state index in [0.717, 1.165) is 5.69 Å². The number of amides is 1. The van der Waals surface area contributed by atoms with Crippen LogP contribution in [0.2, 0.25) is 5.02 Å². The zero-order chi connectivity index (χ0) is 15.5. The second kappa shape index (κ2) is 6.07. The van der Waals surface area contributed by atoms with E-state index in [2.05, 4.69) is 10.4 Å². The van der Waals surface area contributed by atoms with E-state index >= 15 is 0 Å². The zero-order valence-corrected chi connectivity index (χ0v) is 12.7. The van der Waals surface area contributed by atoms with Gasteiger partial charge in [0.05, 0.1) is 6.26 Å². The Morgan fingerprint density at radius 3 is 2.86 bits per heavy atom. The average Bonchev–Trinajstić information content (AvgIpc) is 3.16. The number of nitrogens with zero attached hydrogens (tertiary/aromatic N) is 2. The summed E-state index contributed by atoms with van der Waals surface area (Å²) in [6.07, 6.45) is 1.59. The lowest BCUT2D eigenvalue weighted by atomic mass is 10.2. The van der Waals surface area contributed by atoms with E-state index in [9.17, 15) is 4.79 Å². The van der Waals surface area contributed by atoms with Crippen LogP contribution >= 0.6 is 11.6 Å². The number of aromatic nitrogens is 2. The van der Waals surface area contributed by atoms with E-state index in [1.165, 1.54) is 0 Å². The summed E-state index contributed by atoms with van der Waals surface area (Å²) < 4.78 is 7.11. The molecule has 5 nitrogen and oxygen atoms in total. The van der Waals surface area contributed by atoms with Crippen molar-refractivity contribution in [2.24, 2.45) is 0 Å². The molecule has 0 aliphatic carbocycles. The Balaban J connectivity index is 1.87. The molecule has 6 heteroatoms. The maximum Gasteiger partial charge on any atom is 0.276 e. The standard InChI is InChI=1S/C16H14ClN3O2/c1-2-20-14(15-7-4-8-22-15)10-13(19-20)16(21)18-12-6-3-5-11(17)9-12/h3-10H,2H2,1H3,(H,18,21). The molecule has 0 unspecified atom stereocenters. The van der Waals surface area contributed by atoms with E-state index in [-0.39, 0.29) is 5.91 Å². The van der Waals surface area contributed by atoms with Crippen LogP contribution in [0.3, 0.4) is 0 Å². The second-order valence-corrected chi connectivity index (χ2v) is 5.11. The van der Waals surface area contributed by atoms with Gasteiger partial charge in [0.15, 0.2) is 11.5 Å². The van der Waals surface area contributed by atoms with Crippen molar-refractivity contribution in [3.63, 3.8) is 0 Å². The SMILES string of the molecule is CCn1nc(C(=O)Nc2cccc(Cl)c2)cc1-c1ccco1. The van der Waals surface area contributed by atoms with Crippen LogP contribution in [0.4, 0.5) is 5.69 Å². The molecule has 3 aromatic rings. The van der Waals surface area contributed by atoms with Gasteiger partial charge in [-0.3, -0.25) is 9.48 Å². The summed E-state index contributed by atoms with van der Waals surface area (Å²) in [5.74, 6) is 0.387. The number of carbonyl (C=O) groups excluding carboxylic acids is 1. The molecule has 3 rings (SSSR count). The maximum atomic E-state index is 12.3. The molecule has 0 radical (unpaired) electrons. The fourth-order valence-corrected chi connectivity index (χ4v) is 2.34. The smallest absolute Gasteiger partial charge is 0.276 e. The van der Waals surface area contributed by atoms with Gasteiger partial charge in [0.2, 0.25) is 0 Å². The summed E-state index contributed by atoms with van der Waals surface area (Å²) in [4.78, 5) is 12.3. The van der Waals surface area contributed by atoms with Crippen LogP contribution in [-0.2, 0) is 6.54 Å². The van der Waals surface area contributed by atoms with Crippen LogP contribution in [0.1, 0.15) is 17.4 Å². The highest BCUT2D eigenvalue weighted by molar-refractivity contribution is 6.30. The molecule has 0 atom stereocenters. The Morgan fingerprint density at radius 1 is 1.32 bits per heavy atom. The highest BCUT2D eigenvalue weighted by Crippen LogP contribution is 2.22. The number of hydrogen-bond acceptors (Lipinski definition) is 3. The van der Waals surface area contributed by atoms with Crippen molar-refractivity contribution in [1.82, 2.24) is 9.78 Å². The quantitative estimate of drug-likeness (QED) is 0.789. The molecule has 0 saturated carbocycles. The molecule has 0 aliphatic heterocycles. The third-order valence-corrected chi connectivity index (χ3v) is 3.40. The van der Waals surface area contributed by atoms with Crippen LogP contribution in [0.25, 0.3) is 11.5 Å². The lowest BCUT2D eigenvalue weighted by Crippen LogP contribution is -2.13. The Kier molecular flexibility index (Phi) is 3.98.